The number of carbonyl (C=O) groups is 2. The summed E-state index contributed by atoms with van der Waals surface area (Å²) in [6.07, 6.45) is 2.15. The predicted molar refractivity (Wildman–Crippen MR) is 143 cm³/mol. The molecule has 0 aliphatic carbocycles. The van der Waals surface area contributed by atoms with Crippen LogP contribution in [0.3, 0.4) is 0 Å². The van der Waals surface area contributed by atoms with Gasteiger partial charge in [0.15, 0.2) is 6.61 Å². The van der Waals surface area contributed by atoms with Gasteiger partial charge in [-0.15, -0.1) is 0 Å². The molecule has 1 N–H and O–H groups in total. The van der Waals surface area contributed by atoms with Crippen LogP contribution in [0.4, 0.5) is 4.39 Å². The maximum Gasteiger partial charge on any atom is 0.261 e. The molecule has 0 aliphatic rings. The van der Waals surface area contributed by atoms with E-state index in [0.29, 0.717) is 18.7 Å². The fourth-order valence-electron chi connectivity index (χ4n) is 3.78. The van der Waals surface area contributed by atoms with Gasteiger partial charge in [0, 0.05) is 24.0 Å². The number of aryl methyl sites for hydroxylation is 1. The number of carbonyl (C=O) groups excluding carboxylic acids is 2. The lowest BCUT2D eigenvalue weighted by atomic mass is 10.0. The Balaban J connectivity index is 1.88. The molecule has 5 nitrogen and oxygen atoms in total. The van der Waals surface area contributed by atoms with Gasteiger partial charge in [0.1, 0.15) is 17.6 Å². The topological polar surface area (TPSA) is 58.6 Å². The zero-order valence-electron chi connectivity index (χ0n) is 20.7. The van der Waals surface area contributed by atoms with Crippen LogP contribution in [0.25, 0.3) is 0 Å². The first kappa shape index (κ1) is 27.4. The highest BCUT2D eigenvalue weighted by molar-refractivity contribution is 9.10. The Kier molecular flexibility index (Phi) is 10.5. The van der Waals surface area contributed by atoms with Crippen molar-refractivity contribution in [1.29, 1.82) is 0 Å². The molecule has 0 heterocycles. The van der Waals surface area contributed by atoms with Crippen molar-refractivity contribution in [3.63, 3.8) is 0 Å². The SMILES string of the molecule is CCCCNC(=O)[C@H](Cc1ccccc1)N(Cc1ccc(F)cc1)C(=O)COc1ccc(Br)c(C)c1. The predicted octanol–water partition coefficient (Wildman–Crippen LogP) is 5.83. The third kappa shape index (κ3) is 8.19. The largest absolute Gasteiger partial charge is 0.484 e. The van der Waals surface area contributed by atoms with E-state index in [-0.39, 0.29) is 30.8 Å². The summed E-state index contributed by atoms with van der Waals surface area (Å²) in [6.45, 7) is 4.46. The summed E-state index contributed by atoms with van der Waals surface area (Å²) >= 11 is 3.47. The molecule has 36 heavy (non-hydrogen) atoms. The molecule has 3 rings (SSSR count). The van der Waals surface area contributed by atoms with E-state index in [2.05, 4.69) is 28.2 Å². The second kappa shape index (κ2) is 13.8. The molecule has 0 aromatic heterocycles. The molecule has 3 aromatic rings. The number of nitrogens with one attached hydrogen (secondary N) is 1. The second-order valence-electron chi connectivity index (χ2n) is 8.70. The molecule has 0 saturated carbocycles. The summed E-state index contributed by atoms with van der Waals surface area (Å²) in [5, 5.41) is 2.98. The number of halogens is 2. The first-order chi connectivity index (χ1) is 17.4. The van der Waals surface area contributed by atoms with E-state index in [1.807, 2.05) is 49.4 Å². The zero-order chi connectivity index (χ0) is 25.9. The van der Waals surface area contributed by atoms with Crippen LogP contribution in [-0.2, 0) is 22.6 Å². The Bertz CT molecular complexity index is 1140. The third-order valence-corrected chi connectivity index (χ3v) is 6.75. The van der Waals surface area contributed by atoms with Crippen LogP contribution in [0.15, 0.2) is 77.3 Å². The second-order valence-corrected chi connectivity index (χ2v) is 9.55. The zero-order valence-corrected chi connectivity index (χ0v) is 22.3. The number of nitrogens with zero attached hydrogens (tertiary/aromatic N) is 1. The van der Waals surface area contributed by atoms with Crippen LogP contribution < -0.4 is 10.1 Å². The lowest BCUT2D eigenvalue weighted by Gasteiger charge is -2.31. The highest BCUT2D eigenvalue weighted by atomic mass is 79.9. The molecule has 3 aromatic carbocycles. The summed E-state index contributed by atoms with van der Waals surface area (Å²) in [4.78, 5) is 28.4. The van der Waals surface area contributed by atoms with E-state index in [0.717, 1.165) is 34.0 Å². The number of amides is 2. The van der Waals surface area contributed by atoms with Crippen molar-refractivity contribution >= 4 is 27.7 Å². The van der Waals surface area contributed by atoms with E-state index in [4.69, 9.17) is 4.74 Å². The standard InChI is InChI=1S/C29H32BrFN2O3/c1-3-4-16-32-29(35)27(18-22-8-6-5-7-9-22)33(19-23-10-12-24(31)13-11-23)28(34)20-36-25-14-15-26(30)21(2)17-25/h5-15,17,27H,3-4,16,18-20H2,1-2H3,(H,32,35)/t27-/m0/s1. The highest BCUT2D eigenvalue weighted by Gasteiger charge is 2.30. The van der Waals surface area contributed by atoms with E-state index in [1.54, 1.807) is 18.2 Å². The van der Waals surface area contributed by atoms with Crippen molar-refractivity contribution < 1.29 is 18.7 Å². The number of hydrogen-bond acceptors (Lipinski definition) is 3. The van der Waals surface area contributed by atoms with Gasteiger partial charge < -0.3 is 15.0 Å². The van der Waals surface area contributed by atoms with Crippen LogP contribution in [0, 0.1) is 12.7 Å². The first-order valence-electron chi connectivity index (χ1n) is 12.1. The maximum atomic E-state index is 13.5. The Morgan fingerprint density at radius 2 is 1.75 bits per heavy atom. The Morgan fingerprint density at radius 3 is 2.42 bits per heavy atom. The monoisotopic (exact) mass is 554 g/mol. The van der Waals surface area contributed by atoms with E-state index < -0.39 is 6.04 Å². The average Bonchev–Trinajstić information content (AvgIpc) is 2.88. The van der Waals surface area contributed by atoms with Gasteiger partial charge in [-0.2, -0.15) is 0 Å². The van der Waals surface area contributed by atoms with Gasteiger partial charge in [-0.05, 0) is 60.4 Å². The lowest BCUT2D eigenvalue weighted by Crippen LogP contribution is -2.51. The number of rotatable bonds is 12. The lowest BCUT2D eigenvalue weighted by molar-refractivity contribution is -0.142. The van der Waals surface area contributed by atoms with E-state index >= 15 is 0 Å². The number of unbranched alkanes of at least 4 members (excludes halogenated alkanes) is 1. The quantitative estimate of drug-likeness (QED) is 0.286. The van der Waals surface area contributed by atoms with Crippen LogP contribution in [-0.4, -0.2) is 35.9 Å². The van der Waals surface area contributed by atoms with Crippen LogP contribution in [0.5, 0.6) is 5.75 Å². The molecule has 1 atom stereocenters. The Labute approximate surface area is 220 Å². The van der Waals surface area contributed by atoms with Crippen molar-refractivity contribution in [2.24, 2.45) is 0 Å². The van der Waals surface area contributed by atoms with Crippen molar-refractivity contribution in [2.75, 3.05) is 13.2 Å². The normalized spacial score (nSPS) is 11.6. The van der Waals surface area contributed by atoms with Gasteiger partial charge in [-0.3, -0.25) is 9.59 Å². The van der Waals surface area contributed by atoms with Crippen molar-refractivity contribution in [2.45, 2.75) is 45.7 Å². The number of ether oxygens (including phenoxy) is 1. The molecular formula is C29H32BrFN2O3. The van der Waals surface area contributed by atoms with Gasteiger partial charge >= 0.3 is 0 Å². The van der Waals surface area contributed by atoms with Gasteiger partial charge in [0.25, 0.3) is 5.91 Å². The smallest absolute Gasteiger partial charge is 0.261 e. The van der Waals surface area contributed by atoms with Crippen LogP contribution in [0.2, 0.25) is 0 Å². The van der Waals surface area contributed by atoms with E-state index in [9.17, 15) is 14.0 Å². The van der Waals surface area contributed by atoms with Gasteiger partial charge in [-0.25, -0.2) is 4.39 Å². The maximum absolute atomic E-state index is 13.5. The summed E-state index contributed by atoms with van der Waals surface area (Å²) in [5.74, 6) is -0.338. The molecule has 0 spiro atoms. The summed E-state index contributed by atoms with van der Waals surface area (Å²) in [6, 6.07) is 20.3. The fourth-order valence-corrected chi connectivity index (χ4v) is 4.03. The molecule has 0 bridgehead atoms. The minimum absolute atomic E-state index is 0.153. The molecule has 0 unspecified atom stereocenters. The highest BCUT2D eigenvalue weighted by Crippen LogP contribution is 2.22. The summed E-state index contributed by atoms with van der Waals surface area (Å²) < 4.78 is 20.3. The fraction of sp³-hybridized carbons (Fsp3) is 0.310. The average molecular weight is 555 g/mol. The van der Waals surface area contributed by atoms with Crippen molar-refractivity contribution in [3.8, 4) is 5.75 Å². The molecular weight excluding hydrogens is 523 g/mol. The minimum atomic E-state index is -0.753. The molecule has 190 valence electrons. The van der Waals surface area contributed by atoms with Crippen molar-refractivity contribution in [1.82, 2.24) is 10.2 Å². The van der Waals surface area contributed by atoms with Gasteiger partial charge in [-0.1, -0.05) is 71.7 Å². The molecule has 0 aliphatic heterocycles. The van der Waals surface area contributed by atoms with Crippen LogP contribution in [0.1, 0.15) is 36.5 Å². The van der Waals surface area contributed by atoms with Gasteiger partial charge in [0.05, 0.1) is 0 Å². The molecule has 0 fully saturated rings. The summed E-state index contributed by atoms with van der Waals surface area (Å²) in [7, 11) is 0. The number of hydrogen-bond donors (Lipinski definition) is 1. The van der Waals surface area contributed by atoms with E-state index in [1.165, 1.54) is 17.0 Å². The Morgan fingerprint density at radius 1 is 1.03 bits per heavy atom. The minimum Gasteiger partial charge on any atom is -0.484 e. The van der Waals surface area contributed by atoms with Crippen LogP contribution >= 0.6 is 15.9 Å². The van der Waals surface area contributed by atoms with Crippen molar-refractivity contribution in [3.05, 3.63) is 99.8 Å². The molecule has 7 heteroatoms. The Hall–Kier alpha value is -3.19. The molecule has 2 amide bonds. The molecule has 0 saturated heterocycles. The first-order valence-corrected chi connectivity index (χ1v) is 12.9. The third-order valence-electron chi connectivity index (χ3n) is 5.86. The van der Waals surface area contributed by atoms with Gasteiger partial charge in [0.2, 0.25) is 5.91 Å². The molecule has 0 radical (unpaired) electrons. The summed E-state index contributed by atoms with van der Waals surface area (Å²) in [5.41, 5.74) is 2.65. The number of benzene rings is 3.